The number of ether oxygens (including phenoxy) is 1. The first-order valence-electron chi connectivity index (χ1n) is 8.83. The number of rotatable bonds is 4. The molecule has 1 heterocycles. The van der Waals surface area contributed by atoms with Crippen LogP contribution in [0.15, 0.2) is 47.7 Å². The number of allylic oxidation sites excluding steroid dienone is 1. The highest BCUT2D eigenvalue weighted by molar-refractivity contribution is 7.80. The standard InChI is InChI=1S/C21H23N3O3S/c1-11-7-12(2)9-15(8-11)23-20(26)18-13(3)22-21(28)24-19(18)14-5-6-16(25)17(10-14)27-4/h5-10,19,25H,1-4H3,(H,23,26)(H2,22,24,28). The van der Waals surface area contributed by atoms with Gasteiger partial charge in [-0.2, -0.15) is 0 Å². The largest absolute Gasteiger partial charge is 0.504 e. The Balaban J connectivity index is 1.98. The fourth-order valence-electron chi connectivity index (χ4n) is 3.36. The van der Waals surface area contributed by atoms with Crippen molar-refractivity contribution >= 4 is 28.9 Å². The molecule has 1 amide bonds. The third-order valence-corrected chi connectivity index (χ3v) is 4.75. The second kappa shape index (κ2) is 7.90. The van der Waals surface area contributed by atoms with Crippen LogP contribution in [0, 0.1) is 13.8 Å². The first-order valence-corrected chi connectivity index (χ1v) is 9.24. The van der Waals surface area contributed by atoms with E-state index in [1.165, 1.54) is 13.2 Å². The van der Waals surface area contributed by atoms with Gasteiger partial charge in [-0.3, -0.25) is 4.79 Å². The van der Waals surface area contributed by atoms with Crippen molar-refractivity contribution in [1.82, 2.24) is 10.6 Å². The number of phenols is 1. The van der Waals surface area contributed by atoms with E-state index in [2.05, 4.69) is 16.0 Å². The number of carbonyl (C=O) groups is 1. The number of hydrogen-bond acceptors (Lipinski definition) is 4. The van der Waals surface area contributed by atoms with E-state index < -0.39 is 6.04 Å². The van der Waals surface area contributed by atoms with Crippen molar-refractivity contribution in [2.75, 3.05) is 12.4 Å². The molecule has 2 aromatic carbocycles. The first-order chi connectivity index (χ1) is 13.3. The molecule has 0 saturated carbocycles. The maximum Gasteiger partial charge on any atom is 0.255 e. The molecule has 0 aliphatic carbocycles. The van der Waals surface area contributed by atoms with Gasteiger partial charge >= 0.3 is 0 Å². The average Bonchev–Trinajstić information content (AvgIpc) is 2.60. The Labute approximate surface area is 169 Å². The molecular weight excluding hydrogens is 374 g/mol. The Hall–Kier alpha value is -3.06. The molecule has 0 saturated heterocycles. The minimum atomic E-state index is -0.478. The summed E-state index contributed by atoms with van der Waals surface area (Å²) in [5.74, 6) is 0.127. The van der Waals surface area contributed by atoms with Crippen LogP contribution in [0.4, 0.5) is 5.69 Å². The molecule has 4 N–H and O–H groups in total. The summed E-state index contributed by atoms with van der Waals surface area (Å²) < 4.78 is 5.20. The van der Waals surface area contributed by atoms with E-state index in [0.717, 1.165) is 22.4 Å². The fraction of sp³-hybridized carbons (Fsp3) is 0.238. The molecule has 2 aromatic rings. The van der Waals surface area contributed by atoms with E-state index in [4.69, 9.17) is 17.0 Å². The van der Waals surface area contributed by atoms with Gasteiger partial charge in [0.1, 0.15) is 0 Å². The fourth-order valence-corrected chi connectivity index (χ4v) is 3.63. The minimum absolute atomic E-state index is 0.0321. The van der Waals surface area contributed by atoms with Gasteiger partial charge in [0, 0.05) is 11.4 Å². The lowest BCUT2D eigenvalue weighted by molar-refractivity contribution is -0.113. The summed E-state index contributed by atoms with van der Waals surface area (Å²) in [6, 6.07) is 10.4. The maximum atomic E-state index is 13.1. The lowest BCUT2D eigenvalue weighted by atomic mass is 9.94. The van der Waals surface area contributed by atoms with E-state index in [9.17, 15) is 9.90 Å². The molecule has 0 fully saturated rings. The van der Waals surface area contributed by atoms with Crippen LogP contribution < -0.4 is 20.7 Å². The van der Waals surface area contributed by atoms with Crippen molar-refractivity contribution in [3.63, 3.8) is 0 Å². The summed E-state index contributed by atoms with van der Waals surface area (Å²) in [4.78, 5) is 13.1. The zero-order valence-corrected chi connectivity index (χ0v) is 17.0. The van der Waals surface area contributed by atoms with Crippen molar-refractivity contribution in [2.24, 2.45) is 0 Å². The quantitative estimate of drug-likeness (QED) is 0.592. The highest BCUT2D eigenvalue weighted by atomic mass is 32.1. The summed E-state index contributed by atoms with van der Waals surface area (Å²) in [5.41, 5.74) is 4.81. The highest BCUT2D eigenvalue weighted by Crippen LogP contribution is 2.34. The Morgan fingerprint density at radius 3 is 2.46 bits per heavy atom. The van der Waals surface area contributed by atoms with Crippen LogP contribution in [0.25, 0.3) is 0 Å². The topological polar surface area (TPSA) is 82.6 Å². The van der Waals surface area contributed by atoms with Gasteiger partial charge in [0.15, 0.2) is 16.6 Å². The van der Waals surface area contributed by atoms with Crippen LogP contribution in [-0.4, -0.2) is 23.2 Å². The molecule has 3 rings (SSSR count). The van der Waals surface area contributed by atoms with Crippen LogP contribution in [0.5, 0.6) is 11.5 Å². The van der Waals surface area contributed by atoms with E-state index in [0.29, 0.717) is 22.1 Å². The van der Waals surface area contributed by atoms with Gasteiger partial charge in [0.2, 0.25) is 0 Å². The number of anilines is 1. The van der Waals surface area contributed by atoms with E-state index in [1.807, 2.05) is 39.0 Å². The zero-order valence-electron chi connectivity index (χ0n) is 16.2. The summed E-state index contributed by atoms with van der Waals surface area (Å²) in [6.07, 6.45) is 0. The second-order valence-electron chi connectivity index (χ2n) is 6.83. The zero-order chi connectivity index (χ0) is 20.4. The van der Waals surface area contributed by atoms with Gasteiger partial charge in [-0.1, -0.05) is 12.1 Å². The molecule has 0 spiro atoms. The molecule has 1 aliphatic rings. The van der Waals surface area contributed by atoms with Crippen LogP contribution in [0.3, 0.4) is 0 Å². The molecule has 1 atom stereocenters. The van der Waals surface area contributed by atoms with Crippen molar-refractivity contribution in [3.05, 3.63) is 64.4 Å². The number of aryl methyl sites for hydroxylation is 2. The van der Waals surface area contributed by atoms with Gasteiger partial charge in [-0.05, 0) is 73.9 Å². The van der Waals surface area contributed by atoms with Gasteiger partial charge < -0.3 is 25.8 Å². The summed E-state index contributed by atoms with van der Waals surface area (Å²) in [5, 5.41) is 19.4. The number of phenolic OH excluding ortho intramolecular Hbond substituents is 1. The molecule has 28 heavy (non-hydrogen) atoms. The molecule has 0 aromatic heterocycles. The normalized spacial score (nSPS) is 16.3. The van der Waals surface area contributed by atoms with Crippen LogP contribution in [0.1, 0.15) is 29.7 Å². The van der Waals surface area contributed by atoms with Gasteiger partial charge in [-0.25, -0.2) is 0 Å². The molecule has 1 unspecified atom stereocenters. The van der Waals surface area contributed by atoms with Crippen molar-refractivity contribution in [2.45, 2.75) is 26.8 Å². The number of carbonyl (C=O) groups excluding carboxylic acids is 1. The number of nitrogens with one attached hydrogen (secondary N) is 3. The van der Waals surface area contributed by atoms with E-state index in [-0.39, 0.29) is 11.7 Å². The summed E-state index contributed by atoms with van der Waals surface area (Å²) >= 11 is 5.28. The number of amides is 1. The predicted molar refractivity (Wildman–Crippen MR) is 114 cm³/mol. The van der Waals surface area contributed by atoms with Gasteiger partial charge in [0.05, 0.1) is 18.7 Å². The molecule has 7 heteroatoms. The Kier molecular flexibility index (Phi) is 5.56. The average molecular weight is 398 g/mol. The monoisotopic (exact) mass is 397 g/mol. The van der Waals surface area contributed by atoms with Crippen molar-refractivity contribution in [1.29, 1.82) is 0 Å². The van der Waals surface area contributed by atoms with Gasteiger partial charge in [0.25, 0.3) is 5.91 Å². The number of thiocarbonyl (C=S) groups is 1. The second-order valence-corrected chi connectivity index (χ2v) is 7.24. The first kappa shape index (κ1) is 19.7. The molecule has 0 bridgehead atoms. The Bertz CT molecular complexity index is 965. The third kappa shape index (κ3) is 4.09. The maximum absolute atomic E-state index is 13.1. The Morgan fingerprint density at radius 1 is 1.14 bits per heavy atom. The lowest BCUT2D eigenvalue weighted by Crippen LogP contribution is -2.45. The third-order valence-electron chi connectivity index (χ3n) is 4.53. The number of hydrogen-bond donors (Lipinski definition) is 4. The number of benzene rings is 2. The van der Waals surface area contributed by atoms with E-state index in [1.54, 1.807) is 12.1 Å². The Morgan fingerprint density at radius 2 is 1.82 bits per heavy atom. The summed E-state index contributed by atoms with van der Waals surface area (Å²) in [6.45, 7) is 5.79. The molecule has 1 aliphatic heterocycles. The SMILES string of the molecule is COc1cc(C2NC(=S)NC(C)=C2C(=O)Nc2cc(C)cc(C)c2)ccc1O. The number of methoxy groups -OCH3 is 1. The molecule has 0 radical (unpaired) electrons. The molecule has 6 nitrogen and oxygen atoms in total. The summed E-state index contributed by atoms with van der Waals surface area (Å²) in [7, 11) is 1.48. The van der Waals surface area contributed by atoms with E-state index >= 15 is 0 Å². The predicted octanol–water partition coefficient (Wildman–Crippen LogP) is 3.45. The lowest BCUT2D eigenvalue weighted by Gasteiger charge is -2.30. The van der Waals surface area contributed by atoms with Crippen LogP contribution >= 0.6 is 12.2 Å². The highest BCUT2D eigenvalue weighted by Gasteiger charge is 2.30. The van der Waals surface area contributed by atoms with Gasteiger partial charge in [-0.15, -0.1) is 0 Å². The minimum Gasteiger partial charge on any atom is -0.504 e. The van der Waals surface area contributed by atoms with Crippen molar-refractivity contribution in [3.8, 4) is 11.5 Å². The van der Waals surface area contributed by atoms with Crippen LogP contribution in [-0.2, 0) is 4.79 Å². The molecule has 146 valence electrons. The van der Waals surface area contributed by atoms with Crippen LogP contribution in [0.2, 0.25) is 0 Å². The van der Waals surface area contributed by atoms with Crippen molar-refractivity contribution < 1.29 is 14.6 Å². The number of aromatic hydroxyl groups is 1. The molecular formula is C21H23N3O3S. The smallest absolute Gasteiger partial charge is 0.255 e.